The predicted molar refractivity (Wildman–Crippen MR) is 118 cm³/mol. The molecule has 0 saturated carbocycles. The third-order valence-electron chi connectivity index (χ3n) is 6.10. The zero-order valence-corrected chi connectivity index (χ0v) is 17.6. The van der Waals surface area contributed by atoms with Crippen LogP contribution in [0.3, 0.4) is 0 Å². The summed E-state index contributed by atoms with van der Waals surface area (Å²) in [5, 5.41) is 16.8. The van der Waals surface area contributed by atoms with Crippen LogP contribution in [0.15, 0.2) is 67.0 Å². The van der Waals surface area contributed by atoms with E-state index in [0.29, 0.717) is 32.6 Å². The predicted octanol–water partition coefficient (Wildman–Crippen LogP) is 1.33. The lowest BCUT2D eigenvalue weighted by atomic mass is 9.98. The molecule has 8 nitrogen and oxygen atoms in total. The molecule has 3 aromatic rings. The van der Waals surface area contributed by atoms with Crippen molar-refractivity contribution in [2.45, 2.75) is 25.0 Å². The molecule has 164 valence electrons. The fourth-order valence-corrected chi connectivity index (χ4v) is 4.43. The van der Waals surface area contributed by atoms with Gasteiger partial charge in [-0.2, -0.15) is 5.10 Å². The number of para-hydroxylation sites is 1. The number of aromatic hydroxyl groups is 1. The van der Waals surface area contributed by atoms with E-state index in [-0.39, 0.29) is 17.6 Å². The van der Waals surface area contributed by atoms with Crippen molar-refractivity contribution in [2.24, 2.45) is 0 Å². The highest BCUT2D eigenvalue weighted by molar-refractivity contribution is 5.97. The van der Waals surface area contributed by atoms with Crippen LogP contribution in [0.25, 0.3) is 5.69 Å². The van der Waals surface area contributed by atoms with Crippen LogP contribution in [0, 0.1) is 0 Å². The van der Waals surface area contributed by atoms with Gasteiger partial charge in [0.05, 0.1) is 11.9 Å². The monoisotopic (exact) mass is 431 g/mol. The minimum Gasteiger partial charge on any atom is -0.508 e. The first-order valence-corrected chi connectivity index (χ1v) is 10.8. The van der Waals surface area contributed by atoms with Crippen molar-refractivity contribution in [1.82, 2.24) is 24.9 Å². The van der Waals surface area contributed by atoms with Gasteiger partial charge in [0.1, 0.15) is 17.8 Å². The van der Waals surface area contributed by atoms with Gasteiger partial charge in [0.15, 0.2) is 0 Å². The van der Waals surface area contributed by atoms with Gasteiger partial charge in [0, 0.05) is 44.4 Å². The van der Waals surface area contributed by atoms with E-state index in [2.05, 4.69) is 15.3 Å². The van der Waals surface area contributed by atoms with Gasteiger partial charge in [-0.3, -0.25) is 14.5 Å². The van der Waals surface area contributed by atoms with Crippen molar-refractivity contribution < 1.29 is 14.7 Å². The van der Waals surface area contributed by atoms with Gasteiger partial charge in [-0.25, -0.2) is 4.68 Å². The molecule has 2 saturated heterocycles. The molecule has 1 aromatic heterocycles. The normalized spacial score (nSPS) is 21.3. The molecule has 2 fully saturated rings. The quantitative estimate of drug-likeness (QED) is 0.636. The molecule has 3 heterocycles. The summed E-state index contributed by atoms with van der Waals surface area (Å²) in [5.41, 5.74) is 2.96. The summed E-state index contributed by atoms with van der Waals surface area (Å²) in [6.45, 7) is 2.41. The smallest absolute Gasteiger partial charge is 0.246 e. The van der Waals surface area contributed by atoms with Crippen LogP contribution in [0.4, 0.5) is 0 Å². The first-order chi connectivity index (χ1) is 15.6. The summed E-state index contributed by atoms with van der Waals surface area (Å²) in [6.07, 6.45) is 4.26. The standard InChI is InChI=1S/C24H25N5O3/c30-20-8-6-17(7-9-20)12-21-24(32)28-11-10-27(16-22(28)23(31)26-21)14-18-13-25-29(15-18)19-4-2-1-3-5-19/h1-9,13,15,21-22,30H,10-12,14,16H2,(H,26,31)/t21-,22+/m0/s1. The van der Waals surface area contributed by atoms with Crippen molar-refractivity contribution in [2.75, 3.05) is 19.6 Å². The molecule has 0 spiro atoms. The van der Waals surface area contributed by atoms with Crippen molar-refractivity contribution in [3.8, 4) is 11.4 Å². The summed E-state index contributed by atoms with van der Waals surface area (Å²) in [4.78, 5) is 29.8. The molecule has 0 bridgehead atoms. The molecule has 5 rings (SSSR count). The van der Waals surface area contributed by atoms with Gasteiger partial charge in [0.25, 0.3) is 0 Å². The van der Waals surface area contributed by atoms with Crippen LogP contribution in [0.5, 0.6) is 5.75 Å². The number of amides is 2. The van der Waals surface area contributed by atoms with Crippen LogP contribution < -0.4 is 5.32 Å². The number of piperazine rings is 2. The molecular formula is C24H25N5O3. The zero-order valence-electron chi connectivity index (χ0n) is 17.6. The molecule has 2 aliphatic heterocycles. The maximum atomic E-state index is 13.0. The van der Waals surface area contributed by atoms with E-state index in [0.717, 1.165) is 16.8 Å². The first kappa shape index (κ1) is 20.3. The molecule has 2 aliphatic rings. The molecule has 2 atom stereocenters. The maximum Gasteiger partial charge on any atom is 0.246 e. The number of fused-ring (bicyclic) bond motifs is 1. The summed E-state index contributed by atoms with van der Waals surface area (Å²) < 4.78 is 1.84. The number of benzene rings is 2. The molecule has 32 heavy (non-hydrogen) atoms. The summed E-state index contributed by atoms with van der Waals surface area (Å²) in [5.74, 6) is 0.0236. The fourth-order valence-electron chi connectivity index (χ4n) is 4.43. The Balaban J connectivity index is 1.22. The molecule has 2 amide bonds. The Bertz CT molecular complexity index is 1110. The van der Waals surface area contributed by atoms with Crippen LogP contribution in [0.2, 0.25) is 0 Å². The molecule has 0 unspecified atom stereocenters. The van der Waals surface area contributed by atoms with Crippen molar-refractivity contribution in [3.63, 3.8) is 0 Å². The Morgan fingerprint density at radius 1 is 1.00 bits per heavy atom. The third kappa shape index (κ3) is 4.09. The number of phenols is 1. The number of aromatic nitrogens is 2. The third-order valence-corrected chi connectivity index (χ3v) is 6.10. The number of carbonyl (C=O) groups excluding carboxylic acids is 2. The second-order valence-electron chi connectivity index (χ2n) is 8.34. The Morgan fingerprint density at radius 3 is 2.56 bits per heavy atom. The molecule has 0 aliphatic carbocycles. The Hall–Kier alpha value is -3.65. The lowest BCUT2D eigenvalue weighted by Gasteiger charge is -2.45. The van der Waals surface area contributed by atoms with Crippen LogP contribution in [-0.2, 0) is 22.6 Å². The number of carbonyl (C=O) groups is 2. The van der Waals surface area contributed by atoms with E-state index in [1.807, 2.05) is 47.4 Å². The van der Waals surface area contributed by atoms with E-state index in [9.17, 15) is 14.7 Å². The van der Waals surface area contributed by atoms with Crippen LogP contribution in [0.1, 0.15) is 11.1 Å². The Morgan fingerprint density at radius 2 is 1.78 bits per heavy atom. The number of nitrogens with one attached hydrogen (secondary N) is 1. The minimum absolute atomic E-state index is 0.0424. The molecular weight excluding hydrogens is 406 g/mol. The van der Waals surface area contributed by atoms with Gasteiger partial charge >= 0.3 is 0 Å². The van der Waals surface area contributed by atoms with Crippen LogP contribution in [-0.4, -0.2) is 68.2 Å². The largest absolute Gasteiger partial charge is 0.508 e. The average molecular weight is 431 g/mol. The summed E-state index contributed by atoms with van der Waals surface area (Å²) >= 11 is 0. The van der Waals surface area contributed by atoms with Crippen molar-refractivity contribution >= 4 is 11.8 Å². The van der Waals surface area contributed by atoms with Crippen molar-refractivity contribution in [1.29, 1.82) is 0 Å². The summed E-state index contributed by atoms with van der Waals surface area (Å²) in [7, 11) is 0. The highest BCUT2D eigenvalue weighted by atomic mass is 16.3. The highest BCUT2D eigenvalue weighted by Crippen LogP contribution is 2.21. The minimum atomic E-state index is -0.570. The van der Waals surface area contributed by atoms with E-state index in [1.54, 1.807) is 29.2 Å². The molecule has 2 aromatic carbocycles. The topological polar surface area (TPSA) is 90.7 Å². The second-order valence-corrected chi connectivity index (χ2v) is 8.34. The summed E-state index contributed by atoms with van der Waals surface area (Å²) in [6, 6.07) is 15.6. The number of hydrogen-bond acceptors (Lipinski definition) is 5. The Labute approximate surface area is 186 Å². The molecule has 8 heteroatoms. The number of hydrogen-bond donors (Lipinski definition) is 2. The highest BCUT2D eigenvalue weighted by Gasteiger charge is 2.43. The van der Waals surface area contributed by atoms with E-state index < -0.39 is 12.1 Å². The van der Waals surface area contributed by atoms with Gasteiger partial charge in [-0.15, -0.1) is 0 Å². The maximum absolute atomic E-state index is 13.0. The first-order valence-electron chi connectivity index (χ1n) is 10.8. The second kappa shape index (κ2) is 8.47. The van der Waals surface area contributed by atoms with Gasteiger partial charge in [-0.1, -0.05) is 30.3 Å². The van der Waals surface area contributed by atoms with Crippen molar-refractivity contribution in [3.05, 3.63) is 78.1 Å². The number of nitrogens with zero attached hydrogens (tertiary/aromatic N) is 4. The molecule has 0 radical (unpaired) electrons. The van der Waals surface area contributed by atoms with Gasteiger partial charge in [0.2, 0.25) is 11.8 Å². The van der Waals surface area contributed by atoms with E-state index in [4.69, 9.17) is 0 Å². The molecule has 2 N–H and O–H groups in total. The lowest BCUT2D eigenvalue weighted by molar-refractivity contribution is -0.153. The zero-order chi connectivity index (χ0) is 22.1. The number of phenolic OH excluding ortho intramolecular Hbond substituents is 1. The average Bonchev–Trinajstić information content (AvgIpc) is 3.28. The van der Waals surface area contributed by atoms with E-state index in [1.165, 1.54) is 0 Å². The Kier molecular flexibility index (Phi) is 5.36. The number of rotatable bonds is 5. The van der Waals surface area contributed by atoms with Gasteiger partial charge < -0.3 is 15.3 Å². The van der Waals surface area contributed by atoms with Crippen LogP contribution >= 0.6 is 0 Å². The SMILES string of the molecule is O=C1N[C@@H](Cc2ccc(O)cc2)C(=O)N2CCN(Cc3cnn(-c4ccccc4)c3)C[C@H]12. The fraction of sp³-hybridized carbons (Fsp3) is 0.292. The lowest BCUT2D eigenvalue weighted by Crippen LogP contribution is -2.69. The van der Waals surface area contributed by atoms with Gasteiger partial charge in [-0.05, 0) is 29.8 Å². The van der Waals surface area contributed by atoms with E-state index >= 15 is 0 Å².